The van der Waals surface area contributed by atoms with Gasteiger partial charge in [0.15, 0.2) is 0 Å². The molecular formula is C20H26FN3O. The SMILES string of the molecule is C=CCN(Cc1cccn1Cc1cccc(F)c1)C(=O)NC(C)(C)C. The van der Waals surface area contributed by atoms with E-state index in [1.807, 2.05) is 49.7 Å². The number of hydrogen-bond acceptors (Lipinski definition) is 1. The average Bonchev–Trinajstić information content (AvgIpc) is 2.92. The van der Waals surface area contributed by atoms with E-state index < -0.39 is 0 Å². The molecular weight excluding hydrogens is 317 g/mol. The zero-order valence-corrected chi connectivity index (χ0v) is 15.1. The third-order valence-corrected chi connectivity index (χ3v) is 3.64. The Morgan fingerprint density at radius 3 is 2.72 bits per heavy atom. The maximum absolute atomic E-state index is 13.4. The molecule has 0 aliphatic heterocycles. The van der Waals surface area contributed by atoms with Crippen molar-refractivity contribution in [2.45, 2.75) is 39.4 Å². The number of hydrogen-bond donors (Lipinski definition) is 1. The molecule has 0 spiro atoms. The Labute approximate surface area is 149 Å². The van der Waals surface area contributed by atoms with Crippen LogP contribution < -0.4 is 5.32 Å². The number of amides is 2. The highest BCUT2D eigenvalue weighted by atomic mass is 19.1. The van der Waals surface area contributed by atoms with E-state index in [1.54, 1.807) is 17.0 Å². The summed E-state index contributed by atoms with van der Waals surface area (Å²) in [6, 6.07) is 10.3. The molecule has 2 aromatic rings. The van der Waals surface area contributed by atoms with Crippen molar-refractivity contribution >= 4 is 6.03 Å². The van der Waals surface area contributed by atoms with E-state index in [2.05, 4.69) is 11.9 Å². The van der Waals surface area contributed by atoms with E-state index >= 15 is 0 Å². The Morgan fingerprint density at radius 1 is 1.32 bits per heavy atom. The Hall–Kier alpha value is -2.56. The highest BCUT2D eigenvalue weighted by Gasteiger charge is 2.20. The highest BCUT2D eigenvalue weighted by molar-refractivity contribution is 5.75. The molecule has 0 aliphatic rings. The molecule has 2 amide bonds. The van der Waals surface area contributed by atoms with Gasteiger partial charge in [0, 0.05) is 30.5 Å². The summed E-state index contributed by atoms with van der Waals surface area (Å²) in [6.45, 7) is 11.0. The molecule has 0 radical (unpaired) electrons. The molecule has 0 unspecified atom stereocenters. The van der Waals surface area contributed by atoms with Gasteiger partial charge in [0.1, 0.15) is 5.82 Å². The fourth-order valence-corrected chi connectivity index (χ4v) is 2.55. The molecule has 0 bridgehead atoms. The van der Waals surface area contributed by atoms with Crippen LogP contribution in [-0.2, 0) is 13.1 Å². The third-order valence-electron chi connectivity index (χ3n) is 3.64. The van der Waals surface area contributed by atoms with Gasteiger partial charge in [-0.25, -0.2) is 9.18 Å². The average molecular weight is 343 g/mol. The van der Waals surface area contributed by atoms with Crippen LogP contribution in [0.1, 0.15) is 32.0 Å². The number of nitrogens with zero attached hydrogens (tertiary/aromatic N) is 2. The summed E-state index contributed by atoms with van der Waals surface area (Å²) in [5.41, 5.74) is 1.56. The molecule has 0 saturated heterocycles. The van der Waals surface area contributed by atoms with Crippen molar-refractivity contribution in [1.29, 1.82) is 0 Å². The molecule has 4 nitrogen and oxygen atoms in total. The first-order valence-electron chi connectivity index (χ1n) is 8.35. The molecule has 1 N–H and O–H groups in total. The molecule has 5 heteroatoms. The molecule has 1 heterocycles. The number of rotatable bonds is 6. The molecule has 134 valence electrons. The van der Waals surface area contributed by atoms with E-state index in [0.29, 0.717) is 19.6 Å². The molecule has 0 saturated carbocycles. The third kappa shape index (κ3) is 5.78. The number of carbonyl (C=O) groups is 1. The molecule has 1 aromatic heterocycles. The van der Waals surface area contributed by atoms with Gasteiger partial charge in [0.25, 0.3) is 0 Å². The summed E-state index contributed by atoms with van der Waals surface area (Å²) in [5.74, 6) is -0.246. The minimum atomic E-state index is -0.305. The van der Waals surface area contributed by atoms with Crippen LogP contribution in [0.25, 0.3) is 0 Å². The summed E-state index contributed by atoms with van der Waals surface area (Å²) in [4.78, 5) is 14.2. The standard InChI is InChI=1S/C20H26FN3O/c1-5-11-24(19(25)22-20(2,3)4)15-18-10-7-12-23(18)14-16-8-6-9-17(21)13-16/h5-10,12-13H,1,11,14-15H2,2-4H3,(H,22,25). The normalized spacial score (nSPS) is 11.2. The Balaban J connectivity index is 2.13. The zero-order chi connectivity index (χ0) is 18.4. The fraction of sp³-hybridized carbons (Fsp3) is 0.350. The van der Waals surface area contributed by atoms with E-state index in [1.165, 1.54) is 12.1 Å². The molecule has 0 atom stereocenters. The summed E-state index contributed by atoms with van der Waals surface area (Å²) < 4.78 is 15.4. The molecule has 1 aromatic carbocycles. The molecule has 0 fully saturated rings. The van der Waals surface area contributed by atoms with Crippen molar-refractivity contribution in [2.24, 2.45) is 0 Å². The number of benzene rings is 1. The lowest BCUT2D eigenvalue weighted by atomic mass is 10.1. The number of halogens is 1. The van der Waals surface area contributed by atoms with Crippen LogP contribution in [0.15, 0.2) is 55.3 Å². The van der Waals surface area contributed by atoms with Gasteiger partial charge in [0.2, 0.25) is 0 Å². The first-order chi connectivity index (χ1) is 11.8. The smallest absolute Gasteiger partial charge is 0.318 e. The van der Waals surface area contributed by atoms with Crippen LogP contribution in [0.5, 0.6) is 0 Å². The minimum absolute atomic E-state index is 0.133. The highest BCUT2D eigenvalue weighted by Crippen LogP contribution is 2.12. The number of carbonyl (C=O) groups excluding carboxylic acids is 1. The quantitative estimate of drug-likeness (QED) is 0.785. The van der Waals surface area contributed by atoms with Gasteiger partial charge in [-0.3, -0.25) is 0 Å². The van der Waals surface area contributed by atoms with Gasteiger partial charge in [-0.05, 0) is 50.6 Å². The fourth-order valence-electron chi connectivity index (χ4n) is 2.55. The predicted octanol–water partition coefficient (Wildman–Crippen LogP) is 4.17. The van der Waals surface area contributed by atoms with Crippen LogP contribution in [0.2, 0.25) is 0 Å². The van der Waals surface area contributed by atoms with Crippen molar-refractivity contribution in [3.63, 3.8) is 0 Å². The van der Waals surface area contributed by atoms with Crippen LogP contribution in [-0.4, -0.2) is 27.6 Å². The largest absolute Gasteiger partial charge is 0.345 e. The van der Waals surface area contributed by atoms with E-state index in [0.717, 1.165) is 11.3 Å². The van der Waals surface area contributed by atoms with E-state index in [-0.39, 0.29) is 17.4 Å². The van der Waals surface area contributed by atoms with E-state index in [4.69, 9.17) is 0 Å². The summed E-state index contributed by atoms with van der Waals surface area (Å²) >= 11 is 0. The molecule has 2 rings (SSSR count). The van der Waals surface area contributed by atoms with Gasteiger partial charge in [-0.2, -0.15) is 0 Å². The van der Waals surface area contributed by atoms with Crippen LogP contribution in [0, 0.1) is 5.82 Å². The lowest BCUT2D eigenvalue weighted by Crippen LogP contribution is -2.48. The van der Waals surface area contributed by atoms with E-state index in [9.17, 15) is 9.18 Å². The zero-order valence-electron chi connectivity index (χ0n) is 15.1. The second-order valence-electron chi connectivity index (χ2n) is 7.11. The first-order valence-corrected chi connectivity index (χ1v) is 8.35. The summed E-state index contributed by atoms with van der Waals surface area (Å²) in [6.07, 6.45) is 3.65. The van der Waals surface area contributed by atoms with Crippen LogP contribution in [0.4, 0.5) is 9.18 Å². The monoisotopic (exact) mass is 343 g/mol. The molecule has 0 aliphatic carbocycles. The first kappa shape index (κ1) is 18.8. The van der Waals surface area contributed by atoms with Gasteiger partial charge in [-0.1, -0.05) is 18.2 Å². The van der Waals surface area contributed by atoms with Crippen molar-refractivity contribution in [1.82, 2.24) is 14.8 Å². The van der Waals surface area contributed by atoms with Gasteiger partial charge in [0.05, 0.1) is 6.54 Å². The topological polar surface area (TPSA) is 37.3 Å². The maximum atomic E-state index is 13.4. The number of urea groups is 1. The maximum Gasteiger partial charge on any atom is 0.318 e. The van der Waals surface area contributed by atoms with Gasteiger partial charge < -0.3 is 14.8 Å². The van der Waals surface area contributed by atoms with Gasteiger partial charge >= 0.3 is 6.03 Å². The number of nitrogens with one attached hydrogen (secondary N) is 1. The summed E-state index contributed by atoms with van der Waals surface area (Å²) in [7, 11) is 0. The van der Waals surface area contributed by atoms with Crippen molar-refractivity contribution < 1.29 is 9.18 Å². The Morgan fingerprint density at radius 2 is 2.08 bits per heavy atom. The van der Waals surface area contributed by atoms with Crippen LogP contribution in [0.3, 0.4) is 0 Å². The van der Waals surface area contributed by atoms with Crippen molar-refractivity contribution in [3.05, 3.63) is 72.3 Å². The second kappa shape index (κ2) is 8.01. The summed E-state index contributed by atoms with van der Waals surface area (Å²) in [5, 5.41) is 2.97. The van der Waals surface area contributed by atoms with Gasteiger partial charge in [-0.15, -0.1) is 6.58 Å². The Bertz CT molecular complexity index is 731. The van der Waals surface area contributed by atoms with Crippen molar-refractivity contribution in [3.8, 4) is 0 Å². The lowest BCUT2D eigenvalue weighted by Gasteiger charge is -2.28. The lowest BCUT2D eigenvalue weighted by molar-refractivity contribution is 0.190. The minimum Gasteiger partial charge on any atom is -0.345 e. The number of aromatic nitrogens is 1. The predicted molar refractivity (Wildman–Crippen MR) is 98.8 cm³/mol. The molecule has 25 heavy (non-hydrogen) atoms. The van der Waals surface area contributed by atoms with Crippen LogP contribution >= 0.6 is 0 Å². The Kier molecular flexibility index (Phi) is 6.02. The second-order valence-corrected chi connectivity index (χ2v) is 7.11. The van der Waals surface area contributed by atoms with Crippen molar-refractivity contribution in [2.75, 3.05) is 6.54 Å².